The maximum atomic E-state index is 14.2. The molecule has 0 radical (unpaired) electrons. The molecule has 7 aliphatic rings. The fraction of sp³-hybridized carbons (Fsp3) is 0.974. The van der Waals surface area contributed by atoms with E-state index in [9.17, 15) is 4.79 Å². The highest BCUT2D eigenvalue weighted by Gasteiger charge is 2.65. The van der Waals surface area contributed by atoms with E-state index in [1.807, 2.05) is 0 Å². The van der Waals surface area contributed by atoms with Crippen LogP contribution < -0.4 is 5.32 Å². The largest absolute Gasteiger partial charge is 0.349 e. The first-order chi connectivity index (χ1) is 19.4. The monoisotopic (exact) mass is 567 g/mol. The van der Waals surface area contributed by atoms with Gasteiger partial charge in [0, 0.05) is 12.1 Å². The number of nitrogens with one attached hydrogen (secondary N) is 1. The molecule has 234 valence electrons. The van der Waals surface area contributed by atoms with Crippen LogP contribution in [0.3, 0.4) is 0 Å². The number of amides is 1. The van der Waals surface area contributed by atoms with Crippen LogP contribution in [0.15, 0.2) is 0 Å². The minimum absolute atomic E-state index is 0.0808. The third kappa shape index (κ3) is 5.37. The van der Waals surface area contributed by atoms with Crippen LogP contribution in [0.5, 0.6) is 0 Å². The number of carbonyl (C=O) groups is 1. The number of hydrogen-bond acceptors (Lipinski definition) is 2. The number of likely N-dealkylation sites (tertiary alicyclic amines) is 1. The van der Waals surface area contributed by atoms with Crippen molar-refractivity contribution in [2.24, 2.45) is 63.6 Å². The van der Waals surface area contributed by atoms with E-state index in [0.717, 1.165) is 60.8 Å². The van der Waals surface area contributed by atoms with Gasteiger partial charge >= 0.3 is 0 Å². The van der Waals surface area contributed by atoms with E-state index in [2.05, 4.69) is 58.7 Å². The number of carbonyl (C=O) groups excluding carboxylic acids is 1. The molecule has 10 unspecified atom stereocenters. The van der Waals surface area contributed by atoms with Crippen LogP contribution in [-0.4, -0.2) is 36.0 Å². The predicted molar refractivity (Wildman–Crippen MR) is 172 cm³/mol. The molecule has 0 spiro atoms. The van der Waals surface area contributed by atoms with Crippen molar-refractivity contribution in [2.45, 2.75) is 150 Å². The van der Waals surface area contributed by atoms with E-state index in [4.69, 9.17) is 0 Å². The molecule has 1 N–H and O–H groups in total. The molecule has 0 aromatic rings. The summed E-state index contributed by atoms with van der Waals surface area (Å²) in [6.45, 7) is 20.8. The van der Waals surface area contributed by atoms with Gasteiger partial charge in [-0.05, 0) is 162 Å². The maximum Gasteiger partial charge on any atom is 0.226 e. The summed E-state index contributed by atoms with van der Waals surface area (Å²) in [5.74, 6) is 7.40. The lowest BCUT2D eigenvalue weighted by molar-refractivity contribution is -0.190. The van der Waals surface area contributed by atoms with Crippen molar-refractivity contribution in [3.8, 4) is 0 Å². The van der Waals surface area contributed by atoms with Gasteiger partial charge in [-0.25, -0.2) is 0 Å². The molecule has 41 heavy (non-hydrogen) atoms. The fourth-order valence-electron chi connectivity index (χ4n) is 12.6. The van der Waals surface area contributed by atoms with Gasteiger partial charge in [-0.1, -0.05) is 53.9 Å². The Bertz CT molecular complexity index is 950. The molecular weight excluding hydrogens is 500 g/mol. The first-order valence-corrected chi connectivity index (χ1v) is 18.4. The minimum atomic E-state index is -0.133. The number of fused-ring (bicyclic) bond motifs is 7. The smallest absolute Gasteiger partial charge is 0.226 e. The van der Waals surface area contributed by atoms with E-state index in [1.54, 1.807) is 0 Å². The summed E-state index contributed by atoms with van der Waals surface area (Å²) >= 11 is 0. The van der Waals surface area contributed by atoms with E-state index in [-0.39, 0.29) is 11.0 Å². The summed E-state index contributed by atoms with van der Waals surface area (Å²) in [6.07, 6.45) is 20.4. The highest BCUT2D eigenvalue weighted by molar-refractivity contribution is 5.84. The molecule has 6 saturated carbocycles. The van der Waals surface area contributed by atoms with Crippen molar-refractivity contribution in [2.75, 3.05) is 19.6 Å². The lowest BCUT2D eigenvalue weighted by Crippen LogP contribution is -2.62. The second-order valence-corrected chi connectivity index (χ2v) is 18.1. The van der Waals surface area contributed by atoms with Crippen molar-refractivity contribution in [3.05, 3.63) is 0 Å². The van der Waals surface area contributed by atoms with Crippen LogP contribution in [0.1, 0.15) is 145 Å². The van der Waals surface area contributed by atoms with Crippen LogP contribution >= 0.6 is 0 Å². The van der Waals surface area contributed by atoms with E-state index in [1.165, 1.54) is 96.6 Å². The van der Waals surface area contributed by atoms with Gasteiger partial charge in [0.1, 0.15) is 0 Å². The van der Waals surface area contributed by atoms with Gasteiger partial charge in [-0.15, -0.1) is 0 Å². The average Bonchev–Trinajstić information content (AvgIpc) is 3.35. The predicted octanol–water partition coefficient (Wildman–Crippen LogP) is 9.10. The first kappa shape index (κ1) is 30.5. The van der Waals surface area contributed by atoms with Crippen molar-refractivity contribution in [1.82, 2.24) is 10.2 Å². The number of rotatable bonds is 4. The van der Waals surface area contributed by atoms with Crippen LogP contribution in [0.25, 0.3) is 0 Å². The molecule has 0 aromatic heterocycles. The van der Waals surface area contributed by atoms with Crippen LogP contribution in [-0.2, 0) is 4.79 Å². The second-order valence-electron chi connectivity index (χ2n) is 18.1. The normalized spacial score (nSPS) is 47.7. The van der Waals surface area contributed by atoms with Crippen molar-refractivity contribution in [3.63, 3.8) is 0 Å². The zero-order valence-electron chi connectivity index (χ0n) is 28.2. The Hall–Kier alpha value is -0.570. The molecule has 3 heteroatoms. The molecule has 7 rings (SSSR count). The average molecular weight is 567 g/mol. The van der Waals surface area contributed by atoms with Gasteiger partial charge in [0.2, 0.25) is 5.91 Å². The molecule has 0 bridgehead atoms. The first-order valence-electron chi connectivity index (χ1n) is 18.4. The van der Waals surface area contributed by atoms with E-state index in [0.29, 0.717) is 22.7 Å². The SMILES string of the molecule is CC1CC1.CC1CCC2(C)C(CCC3(C)C4CCC5(C(=O)NC(C)(C)CN6CCCC6)CCCC5C4CCC23)C1C. The van der Waals surface area contributed by atoms with Gasteiger partial charge in [0.15, 0.2) is 0 Å². The Labute approximate surface area is 254 Å². The van der Waals surface area contributed by atoms with Gasteiger partial charge in [-0.3, -0.25) is 4.79 Å². The summed E-state index contributed by atoms with van der Waals surface area (Å²) in [5.41, 5.74) is 0.827. The molecular formula is C38H66N2O. The minimum Gasteiger partial charge on any atom is -0.349 e. The molecule has 6 aliphatic carbocycles. The highest BCUT2D eigenvalue weighted by Crippen LogP contribution is 2.72. The quantitative estimate of drug-likeness (QED) is 0.368. The topological polar surface area (TPSA) is 32.3 Å². The van der Waals surface area contributed by atoms with Gasteiger partial charge in [0.05, 0.1) is 5.41 Å². The summed E-state index contributed by atoms with van der Waals surface area (Å²) in [7, 11) is 0. The Morgan fingerprint density at radius 3 is 2.07 bits per heavy atom. The Kier molecular flexibility index (Phi) is 8.25. The summed E-state index contributed by atoms with van der Waals surface area (Å²) < 4.78 is 0. The second kappa shape index (κ2) is 11.1. The summed E-state index contributed by atoms with van der Waals surface area (Å²) in [4.78, 5) is 16.8. The van der Waals surface area contributed by atoms with E-state index < -0.39 is 0 Å². The molecule has 3 nitrogen and oxygen atoms in total. The molecule has 1 amide bonds. The van der Waals surface area contributed by atoms with Crippen molar-refractivity contribution >= 4 is 5.91 Å². The Morgan fingerprint density at radius 1 is 0.756 bits per heavy atom. The lowest BCUT2D eigenvalue weighted by Gasteiger charge is -2.67. The molecule has 1 saturated heterocycles. The van der Waals surface area contributed by atoms with Crippen molar-refractivity contribution < 1.29 is 4.79 Å². The van der Waals surface area contributed by atoms with Crippen LogP contribution in [0.4, 0.5) is 0 Å². The van der Waals surface area contributed by atoms with Gasteiger partial charge in [-0.2, -0.15) is 0 Å². The zero-order chi connectivity index (χ0) is 29.2. The Balaban J connectivity index is 0.000000697. The highest BCUT2D eigenvalue weighted by atomic mass is 16.2. The lowest BCUT2D eigenvalue weighted by atomic mass is 9.37. The molecule has 7 fully saturated rings. The standard InChI is InChI=1S/C34H58N2O.C4H8/c1-23-13-17-32(5)26(24(23)2)14-18-33(6)27-15-19-34(16-9-10-28(34)25(27)11-12-29(32)33)30(37)35-31(3,4)22-36-20-7-8-21-36;1-4-2-3-4/h23-29H,7-22H2,1-6H3,(H,35,37);4H,2-3H2,1H3. The molecule has 10 atom stereocenters. The third-order valence-electron chi connectivity index (χ3n) is 15.1. The fourth-order valence-corrected chi connectivity index (χ4v) is 12.6. The zero-order valence-corrected chi connectivity index (χ0v) is 28.2. The third-order valence-corrected chi connectivity index (χ3v) is 15.1. The Morgan fingerprint density at radius 2 is 1.39 bits per heavy atom. The summed E-state index contributed by atoms with van der Waals surface area (Å²) in [5, 5.41) is 3.65. The molecule has 1 heterocycles. The summed E-state index contributed by atoms with van der Waals surface area (Å²) in [6, 6.07) is 0. The number of hydrogen-bond donors (Lipinski definition) is 1. The maximum absolute atomic E-state index is 14.2. The van der Waals surface area contributed by atoms with Gasteiger partial charge < -0.3 is 10.2 Å². The van der Waals surface area contributed by atoms with Gasteiger partial charge in [0.25, 0.3) is 0 Å². The van der Waals surface area contributed by atoms with Crippen molar-refractivity contribution in [1.29, 1.82) is 0 Å². The molecule has 0 aromatic carbocycles. The van der Waals surface area contributed by atoms with Crippen LogP contribution in [0.2, 0.25) is 0 Å². The number of nitrogens with zero attached hydrogens (tertiary/aromatic N) is 1. The van der Waals surface area contributed by atoms with E-state index >= 15 is 0 Å². The molecule has 1 aliphatic heterocycles. The van der Waals surface area contributed by atoms with Crippen LogP contribution in [0, 0.1) is 63.6 Å².